The predicted molar refractivity (Wildman–Crippen MR) is 78.5 cm³/mol. The zero-order valence-corrected chi connectivity index (χ0v) is 12.9. The van der Waals surface area contributed by atoms with Crippen molar-refractivity contribution >= 4 is 11.5 Å². The minimum absolute atomic E-state index is 0.000740. The van der Waals surface area contributed by atoms with Gasteiger partial charge in [0, 0.05) is 17.0 Å². The van der Waals surface area contributed by atoms with E-state index >= 15 is 0 Å². The average Bonchev–Trinajstić information content (AvgIpc) is 2.72. The van der Waals surface area contributed by atoms with Crippen molar-refractivity contribution in [2.24, 2.45) is 16.7 Å². The summed E-state index contributed by atoms with van der Waals surface area (Å²) in [5.41, 5.74) is -0.679. The molecule has 120 valence electrons. The first-order valence-corrected chi connectivity index (χ1v) is 7.55. The normalized spacial score (nSPS) is 33.3. The van der Waals surface area contributed by atoms with Crippen LogP contribution in [0.4, 0.5) is 18.9 Å². The maximum absolute atomic E-state index is 12.8. The Kier molecular flexibility index (Phi) is 3.14. The Labute approximate surface area is 128 Å². The van der Waals surface area contributed by atoms with E-state index in [1.165, 1.54) is 6.07 Å². The third kappa shape index (κ3) is 1.97. The fourth-order valence-corrected chi connectivity index (χ4v) is 4.24. The highest BCUT2D eigenvalue weighted by Crippen LogP contribution is 2.64. The number of ketones is 1. The summed E-state index contributed by atoms with van der Waals surface area (Å²) in [7, 11) is 0. The Morgan fingerprint density at radius 3 is 2.45 bits per heavy atom. The Balaban J connectivity index is 1.90. The lowest BCUT2D eigenvalue weighted by molar-refractivity contribution is -0.137. The van der Waals surface area contributed by atoms with Gasteiger partial charge >= 0.3 is 6.18 Å². The third-order valence-electron chi connectivity index (χ3n) is 6.06. The summed E-state index contributed by atoms with van der Waals surface area (Å²) in [4.78, 5) is 12.6. The number of alkyl halides is 3. The minimum Gasteiger partial charge on any atom is -0.375 e. The van der Waals surface area contributed by atoms with Gasteiger partial charge in [0.25, 0.3) is 0 Å². The molecule has 2 aliphatic carbocycles. The second-order valence-electron chi connectivity index (χ2n) is 7.29. The van der Waals surface area contributed by atoms with E-state index in [4.69, 9.17) is 0 Å². The molecule has 3 atom stereocenters. The molecule has 0 spiro atoms. The summed E-state index contributed by atoms with van der Waals surface area (Å²) in [6, 6.07) is 4.67. The molecule has 0 unspecified atom stereocenters. The summed E-state index contributed by atoms with van der Waals surface area (Å²) in [5.74, 6) is 0.136. The molecule has 0 saturated heterocycles. The third-order valence-corrected chi connectivity index (χ3v) is 6.06. The predicted octanol–water partition coefficient (Wildman–Crippen LogP) is 4.51. The number of hydrogen-bond acceptors (Lipinski definition) is 2. The van der Waals surface area contributed by atoms with Crippen LogP contribution in [-0.4, -0.2) is 11.8 Å². The molecule has 2 fully saturated rings. The van der Waals surface area contributed by atoms with E-state index in [1.54, 1.807) is 6.07 Å². The highest BCUT2D eigenvalue weighted by molar-refractivity contribution is 5.94. The van der Waals surface area contributed by atoms with Crippen LogP contribution in [0, 0.1) is 16.7 Å². The molecule has 0 amide bonds. The van der Waals surface area contributed by atoms with Crippen LogP contribution in [-0.2, 0) is 11.0 Å². The maximum atomic E-state index is 12.8. The lowest BCUT2D eigenvalue weighted by atomic mass is 9.69. The molecule has 2 aliphatic rings. The van der Waals surface area contributed by atoms with Gasteiger partial charge in [-0.1, -0.05) is 26.8 Å². The van der Waals surface area contributed by atoms with Gasteiger partial charge in [-0.25, -0.2) is 0 Å². The number of fused-ring (bicyclic) bond motifs is 2. The largest absolute Gasteiger partial charge is 0.416 e. The average molecular weight is 311 g/mol. The zero-order chi connectivity index (χ0) is 16.3. The van der Waals surface area contributed by atoms with E-state index in [1.807, 2.05) is 0 Å². The number of carbonyl (C=O) groups excluding carboxylic acids is 1. The van der Waals surface area contributed by atoms with Crippen LogP contribution in [0.2, 0.25) is 0 Å². The number of benzene rings is 1. The number of anilines is 1. The quantitative estimate of drug-likeness (QED) is 0.870. The van der Waals surface area contributed by atoms with Crippen LogP contribution in [0.15, 0.2) is 24.3 Å². The van der Waals surface area contributed by atoms with Gasteiger partial charge in [-0.2, -0.15) is 13.2 Å². The van der Waals surface area contributed by atoms with Crippen LogP contribution >= 0.6 is 0 Å². The topological polar surface area (TPSA) is 29.1 Å². The molecule has 2 saturated carbocycles. The van der Waals surface area contributed by atoms with Crippen molar-refractivity contribution in [3.05, 3.63) is 29.8 Å². The molecular formula is C17H20F3NO. The first kappa shape index (κ1) is 15.4. The standard InChI is InChI=1S/C17H20F3NO/c1-15(2)12-7-8-16(15,3)14(13(12)22)21-11-6-4-5-10(9-11)17(18,19)20/h4-6,9,12,14,21H,7-8H2,1-3H3/t12-,14-,16+/m1/s1. The maximum Gasteiger partial charge on any atom is 0.416 e. The number of carbonyl (C=O) groups is 1. The van der Waals surface area contributed by atoms with Crippen LogP contribution in [0.5, 0.6) is 0 Å². The van der Waals surface area contributed by atoms with Gasteiger partial charge in [-0.15, -0.1) is 0 Å². The Morgan fingerprint density at radius 1 is 1.23 bits per heavy atom. The van der Waals surface area contributed by atoms with Gasteiger partial charge in [0.1, 0.15) is 0 Å². The highest BCUT2D eigenvalue weighted by atomic mass is 19.4. The number of Topliss-reactive ketones (excluding diaryl/α,β-unsaturated/α-hetero) is 1. The Bertz CT molecular complexity index is 623. The van der Waals surface area contributed by atoms with Crippen molar-refractivity contribution in [1.82, 2.24) is 0 Å². The van der Waals surface area contributed by atoms with Gasteiger partial charge in [0.15, 0.2) is 5.78 Å². The molecule has 1 aromatic carbocycles. The fourth-order valence-electron chi connectivity index (χ4n) is 4.24. The van der Waals surface area contributed by atoms with E-state index in [2.05, 4.69) is 26.1 Å². The number of hydrogen-bond donors (Lipinski definition) is 1. The summed E-state index contributed by atoms with van der Waals surface area (Å²) < 4.78 is 38.4. The van der Waals surface area contributed by atoms with Crippen molar-refractivity contribution in [1.29, 1.82) is 0 Å². The lowest BCUT2D eigenvalue weighted by Gasteiger charge is -2.38. The lowest BCUT2D eigenvalue weighted by Crippen LogP contribution is -2.43. The first-order chi connectivity index (χ1) is 10.1. The number of nitrogens with one attached hydrogen (secondary N) is 1. The fraction of sp³-hybridized carbons (Fsp3) is 0.588. The SMILES string of the molecule is CC1(C)[C@@H]2CC[C@@]1(C)[C@H](Nc1cccc(C(F)(F)F)c1)C2=O. The van der Waals surface area contributed by atoms with Gasteiger partial charge in [-0.05, 0) is 36.5 Å². The van der Waals surface area contributed by atoms with Gasteiger partial charge in [0.05, 0.1) is 11.6 Å². The van der Waals surface area contributed by atoms with Gasteiger partial charge in [-0.3, -0.25) is 4.79 Å². The van der Waals surface area contributed by atoms with Crippen LogP contribution in [0.25, 0.3) is 0 Å². The molecule has 3 rings (SSSR count). The zero-order valence-electron chi connectivity index (χ0n) is 12.9. The van der Waals surface area contributed by atoms with Crippen LogP contribution in [0.1, 0.15) is 39.2 Å². The summed E-state index contributed by atoms with van der Waals surface area (Å²) >= 11 is 0. The second kappa shape index (κ2) is 4.49. The summed E-state index contributed by atoms with van der Waals surface area (Å²) in [5, 5.41) is 3.08. The molecule has 0 aromatic heterocycles. The van der Waals surface area contributed by atoms with Crippen molar-refractivity contribution < 1.29 is 18.0 Å². The van der Waals surface area contributed by atoms with Crippen molar-refractivity contribution in [3.63, 3.8) is 0 Å². The van der Waals surface area contributed by atoms with Crippen molar-refractivity contribution in [2.75, 3.05) is 5.32 Å². The van der Waals surface area contributed by atoms with E-state index in [0.29, 0.717) is 5.69 Å². The minimum atomic E-state index is -4.38. The molecule has 2 bridgehead atoms. The molecule has 0 aliphatic heterocycles. The molecule has 22 heavy (non-hydrogen) atoms. The highest BCUT2D eigenvalue weighted by Gasteiger charge is 2.66. The first-order valence-electron chi connectivity index (χ1n) is 7.55. The monoisotopic (exact) mass is 311 g/mol. The summed E-state index contributed by atoms with van der Waals surface area (Å²) in [6.07, 6.45) is -2.57. The summed E-state index contributed by atoms with van der Waals surface area (Å²) in [6.45, 7) is 6.26. The van der Waals surface area contributed by atoms with E-state index < -0.39 is 17.8 Å². The molecule has 1 N–H and O–H groups in total. The van der Waals surface area contributed by atoms with E-state index in [0.717, 1.165) is 25.0 Å². The Hall–Kier alpha value is -1.52. The van der Waals surface area contributed by atoms with E-state index in [9.17, 15) is 18.0 Å². The van der Waals surface area contributed by atoms with E-state index in [-0.39, 0.29) is 22.5 Å². The van der Waals surface area contributed by atoms with Gasteiger partial charge < -0.3 is 5.32 Å². The molecule has 0 radical (unpaired) electrons. The van der Waals surface area contributed by atoms with Crippen LogP contribution < -0.4 is 5.32 Å². The number of halogens is 3. The Morgan fingerprint density at radius 2 is 1.91 bits per heavy atom. The number of rotatable bonds is 2. The molecule has 1 aromatic rings. The molecule has 5 heteroatoms. The van der Waals surface area contributed by atoms with Crippen molar-refractivity contribution in [2.45, 2.75) is 45.8 Å². The molecule has 2 nitrogen and oxygen atoms in total. The second-order valence-corrected chi connectivity index (χ2v) is 7.29. The van der Waals surface area contributed by atoms with Gasteiger partial charge in [0.2, 0.25) is 0 Å². The smallest absolute Gasteiger partial charge is 0.375 e. The van der Waals surface area contributed by atoms with Crippen LogP contribution in [0.3, 0.4) is 0 Å². The molecular weight excluding hydrogens is 291 g/mol. The van der Waals surface area contributed by atoms with Crippen molar-refractivity contribution in [3.8, 4) is 0 Å². The molecule has 0 heterocycles.